The zero-order chi connectivity index (χ0) is 41.5. The molecule has 0 amide bonds. The monoisotopic (exact) mass is 801 g/mol. The summed E-state index contributed by atoms with van der Waals surface area (Å²) in [6.45, 7) is 6.49. The van der Waals surface area contributed by atoms with E-state index in [1.54, 1.807) is 0 Å². The Labute approximate surface area is 353 Å². The second kappa shape index (κ2) is 46.3. The molecule has 0 spiro atoms. The topological polar surface area (TPSA) is 78.9 Å². The minimum atomic E-state index is -0.776. The molecule has 0 fully saturated rings. The molecule has 57 heavy (non-hydrogen) atoms. The van der Waals surface area contributed by atoms with Crippen LogP contribution in [0.5, 0.6) is 0 Å². The molecular weight excluding hydrogens is 709 g/mol. The SMILES string of the molecule is CC\C=C/C=C\C=C/CCCCCCCC(=O)OC(COC(=O)CCCCCCCCCCCC)COC(=O)CCCCCCCCCCCCCCCCCC. The Morgan fingerprint density at radius 1 is 0.368 bits per heavy atom. The average Bonchev–Trinajstić information content (AvgIpc) is 3.21. The number of allylic oxidation sites excluding steroid dienone is 6. The fourth-order valence-electron chi connectivity index (χ4n) is 7.03. The summed E-state index contributed by atoms with van der Waals surface area (Å²) in [6.07, 6.45) is 52.7. The third-order valence-electron chi connectivity index (χ3n) is 10.7. The molecule has 0 bridgehead atoms. The predicted molar refractivity (Wildman–Crippen MR) is 242 cm³/mol. The summed E-state index contributed by atoms with van der Waals surface area (Å²) in [5.74, 6) is -0.891. The molecule has 6 heteroatoms. The summed E-state index contributed by atoms with van der Waals surface area (Å²) in [4.78, 5) is 37.8. The Hall–Kier alpha value is -2.37. The van der Waals surface area contributed by atoms with E-state index in [1.807, 2.05) is 0 Å². The van der Waals surface area contributed by atoms with E-state index >= 15 is 0 Å². The van der Waals surface area contributed by atoms with Crippen LogP contribution in [0.25, 0.3) is 0 Å². The molecular formula is C51H92O6. The lowest BCUT2D eigenvalue weighted by Crippen LogP contribution is -2.30. The van der Waals surface area contributed by atoms with Crippen LogP contribution in [0, 0.1) is 0 Å². The first-order chi connectivity index (χ1) is 28.0. The van der Waals surface area contributed by atoms with Gasteiger partial charge in [-0.3, -0.25) is 14.4 Å². The Morgan fingerprint density at radius 2 is 0.684 bits per heavy atom. The zero-order valence-corrected chi connectivity index (χ0v) is 37.9. The van der Waals surface area contributed by atoms with E-state index in [9.17, 15) is 14.4 Å². The van der Waals surface area contributed by atoms with Gasteiger partial charge in [0.25, 0.3) is 0 Å². The third-order valence-corrected chi connectivity index (χ3v) is 10.7. The summed E-state index contributed by atoms with van der Waals surface area (Å²) in [6, 6.07) is 0. The van der Waals surface area contributed by atoms with Crippen molar-refractivity contribution >= 4 is 17.9 Å². The van der Waals surface area contributed by atoms with Crippen LogP contribution in [-0.2, 0) is 28.6 Å². The fourth-order valence-corrected chi connectivity index (χ4v) is 7.03. The molecule has 0 heterocycles. The first-order valence-corrected chi connectivity index (χ1v) is 24.5. The first-order valence-electron chi connectivity index (χ1n) is 24.5. The number of unbranched alkanes of at least 4 members (excludes halogenated alkanes) is 29. The van der Waals surface area contributed by atoms with E-state index in [-0.39, 0.29) is 31.1 Å². The molecule has 332 valence electrons. The largest absolute Gasteiger partial charge is 0.462 e. The second-order valence-corrected chi connectivity index (χ2v) is 16.4. The van der Waals surface area contributed by atoms with Crippen molar-refractivity contribution < 1.29 is 28.6 Å². The lowest BCUT2D eigenvalue weighted by Gasteiger charge is -2.18. The number of carbonyl (C=O) groups is 3. The maximum Gasteiger partial charge on any atom is 0.306 e. The van der Waals surface area contributed by atoms with Crippen molar-refractivity contribution in [2.24, 2.45) is 0 Å². The van der Waals surface area contributed by atoms with Gasteiger partial charge in [0.2, 0.25) is 0 Å². The summed E-state index contributed by atoms with van der Waals surface area (Å²) in [5, 5.41) is 0. The van der Waals surface area contributed by atoms with E-state index in [0.29, 0.717) is 19.3 Å². The maximum atomic E-state index is 12.7. The quantitative estimate of drug-likeness (QED) is 0.0264. The Morgan fingerprint density at radius 3 is 1.05 bits per heavy atom. The highest BCUT2D eigenvalue weighted by Crippen LogP contribution is 2.16. The molecule has 0 aromatic rings. The lowest BCUT2D eigenvalue weighted by atomic mass is 10.0. The molecule has 1 atom stereocenters. The van der Waals surface area contributed by atoms with Crippen molar-refractivity contribution in [1.82, 2.24) is 0 Å². The fraction of sp³-hybridized carbons (Fsp3) is 0.824. The number of hydrogen-bond donors (Lipinski definition) is 0. The van der Waals surface area contributed by atoms with Gasteiger partial charge in [-0.05, 0) is 38.5 Å². The molecule has 0 aromatic carbocycles. The van der Waals surface area contributed by atoms with E-state index in [2.05, 4.69) is 57.2 Å². The minimum Gasteiger partial charge on any atom is -0.462 e. The van der Waals surface area contributed by atoms with Crippen LogP contribution in [0.4, 0.5) is 0 Å². The number of rotatable bonds is 44. The van der Waals surface area contributed by atoms with Crippen LogP contribution >= 0.6 is 0 Å². The second-order valence-electron chi connectivity index (χ2n) is 16.4. The van der Waals surface area contributed by atoms with E-state index < -0.39 is 6.10 Å². The number of carbonyl (C=O) groups excluding carboxylic acids is 3. The Kier molecular flexibility index (Phi) is 44.4. The maximum absolute atomic E-state index is 12.7. The predicted octanol–water partition coefficient (Wildman–Crippen LogP) is 15.8. The van der Waals surface area contributed by atoms with Gasteiger partial charge in [0.05, 0.1) is 0 Å². The average molecular weight is 801 g/mol. The van der Waals surface area contributed by atoms with Gasteiger partial charge in [-0.2, -0.15) is 0 Å². The van der Waals surface area contributed by atoms with Crippen molar-refractivity contribution in [2.75, 3.05) is 13.2 Å². The van der Waals surface area contributed by atoms with E-state index in [0.717, 1.165) is 83.5 Å². The molecule has 0 aliphatic heterocycles. The van der Waals surface area contributed by atoms with Gasteiger partial charge in [-0.15, -0.1) is 0 Å². The highest BCUT2D eigenvalue weighted by atomic mass is 16.6. The summed E-state index contributed by atoms with van der Waals surface area (Å²) >= 11 is 0. The third kappa shape index (κ3) is 44.6. The van der Waals surface area contributed by atoms with Crippen LogP contribution in [0.15, 0.2) is 36.5 Å². The van der Waals surface area contributed by atoms with Crippen molar-refractivity contribution in [2.45, 2.75) is 258 Å². The van der Waals surface area contributed by atoms with Crippen LogP contribution < -0.4 is 0 Å². The van der Waals surface area contributed by atoms with Gasteiger partial charge >= 0.3 is 17.9 Å². The summed E-state index contributed by atoms with van der Waals surface area (Å²) in [7, 11) is 0. The van der Waals surface area contributed by atoms with Crippen molar-refractivity contribution in [1.29, 1.82) is 0 Å². The highest BCUT2D eigenvalue weighted by Gasteiger charge is 2.19. The van der Waals surface area contributed by atoms with Gasteiger partial charge in [-0.1, -0.05) is 231 Å². The molecule has 0 N–H and O–H groups in total. The van der Waals surface area contributed by atoms with Crippen LogP contribution in [0.3, 0.4) is 0 Å². The van der Waals surface area contributed by atoms with Gasteiger partial charge in [-0.25, -0.2) is 0 Å². The Balaban J connectivity index is 4.33. The normalized spacial score (nSPS) is 12.3. The molecule has 0 saturated heterocycles. The minimum absolute atomic E-state index is 0.0768. The zero-order valence-electron chi connectivity index (χ0n) is 37.9. The number of esters is 3. The molecule has 0 aliphatic rings. The smallest absolute Gasteiger partial charge is 0.306 e. The molecule has 0 saturated carbocycles. The van der Waals surface area contributed by atoms with Crippen LogP contribution in [-0.4, -0.2) is 37.2 Å². The van der Waals surface area contributed by atoms with Crippen molar-refractivity contribution in [3.63, 3.8) is 0 Å². The van der Waals surface area contributed by atoms with E-state index in [4.69, 9.17) is 14.2 Å². The van der Waals surface area contributed by atoms with Crippen molar-refractivity contribution in [3.8, 4) is 0 Å². The molecule has 0 radical (unpaired) electrons. The molecule has 6 nitrogen and oxygen atoms in total. The number of ether oxygens (including phenoxy) is 3. The van der Waals surface area contributed by atoms with Crippen molar-refractivity contribution in [3.05, 3.63) is 36.5 Å². The van der Waals surface area contributed by atoms with Gasteiger partial charge in [0.15, 0.2) is 6.10 Å². The Bertz CT molecular complexity index is 969. The molecule has 0 aromatic heterocycles. The molecule has 0 rings (SSSR count). The summed E-state index contributed by atoms with van der Waals surface area (Å²) < 4.78 is 16.7. The summed E-state index contributed by atoms with van der Waals surface area (Å²) in [5.41, 5.74) is 0. The number of hydrogen-bond acceptors (Lipinski definition) is 6. The standard InChI is InChI=1S/C51H92O6/c1-4-7-10-13-16-19-22-24-25-26-28-29-32-35-38-41-44-50(53)56-47-48(46-55-49(52)43-40-37-34-31-21-18-15-12-9-6-3)57-51(54)45-42-39-36-33-30-27-23-20-17-14-11-8-5-2/h8,11,14,17,20,23,48H,4-7,9-10,12-13,15-16,18-19,21-22,24-47H2,1-3H3/b11-8-,17-14-,23-20-. The van der Waals surface area contributed by atoms with Gasteiger partial charge < -0.3 is 14.2 Å². The molecule has 1 unspecified atom stereocenters. The molecule has 0 aliphatic carbocycles. The van der Waals surface area contributed by atoms with Gasteiger partial charge in [0.1, 0.15) is 13.2 Å². The van der Waals surface area contributed by atoms with E-state index in [1.165, 1.54) is 128 Å². The first kappa shape index (κ1) is 54.6. The van der Waals surface area contributed by atoms with Crippen LogP contribution in [0.1, 0.15) is 252 Å². The lowest BCUT2D eigenvalue weighted by molar-refractivity contribution is -0.167. The highest BCUT2D eigenvalue weighted by molar-refractivity contribution is 5.71. The van der Waals surface area contributed by atoms with Gasteiger partial charge in [0, 0.05) is 19.3 Å². The van der Waals surface area contributed by atoms with Crippen LogP contribution in [0.2, 0.25) is 0 Å².